The predicted molar refractivity (Wildman–Crippen MR) is 78.2 cm³/mol. The summed E-state index contributed by atoms with van der Waals surface area (Å²) in [4.78, 5) is 32.2. The SMILES string of the molecule is Nc1ccc(S(=O)(=O)NCC(=O)O[C@@H]2CCOC2=O)cc1[N+](=O)[O-]. The number of nitro benzene ring substituents is 1. The molecule has 1 heterocycles. The van der Waals surface area contributed by atoms with E-state index in [2.05, 4.69) is 4.74 Å². The van der Waals surface area contributed by atoms with Crippen LogP contribution in [-0.4, -0.2) is 44.5 Å². The predicted octanol–water partition coefficient (Wildman–Crippen LogP) is -0.686. The number of nitrogen functional groups attached to an aromatic ring is 1. The number of carbonyl (C=O) groups excluding carboxylic acids is 2. The number of esters is 2. The summed E-state index contributed by atoms with van der Waals surface area (Å²) in [7, 11) is -4.20. The summed E-state index contributed by atoms with van der Waals surface area (Å²) >= 11 is 0. The molecule has 1 saturated heterocycles. The number of nitrogens with two attached hydrogens (primary N) is 1. The molecule has 1 aromatic rings. The standard InChI is InChI=1S/C12H13N3O8S/c13-8-2-1-7(5-9(8)15(18)19)24(20,21)14-6-11(16)23-10-3-4-22-12(10)17/h1-2,5,10,14H,3-4,6,13H2/t10-/m1/s1. The van der Waals surface area contributed by atoms with Crippen LogP contribution >= 0.6 is 0 Å². The number of ether oxygens (including phenoxy) is 2. The zero-order valence-electron chi connectivity index (χ0n) is 12.1. The van der Waals surface area contributed by atoms with Gasteiger partial charge in [0.25, 0.3) is 5.69 Å². The maximum atomic E-state index is 12.1. The van der Waals surface area contributed by atoms with Gasteiger partial charge in [-0.25, -0.2) is 13.2 Å². The normalized spacial score (nSPS) is 17.3. The van der Waals surface area contributed by atoms with Gasteiger partial charge in [0.05, 0.1) is 16.4 Å². The molecule has 0 radical (unpaired) electrons. The molecule has 1 aromatic carbocycles. The number of carbonyl (C=O) groups is 2. The number of nitrogens with one attached hydrogen (secondary N) is 1. The molecule has 11 nitrogen and oxygen atoms in total. The summed E-state index contributed by atoms with van der Waals surface area (Å²) < 4.78 is 35.4. The highest BCUT2D eigenvalue weighted by molar-refractivity contribution is 7.89. The number of anilines is 1. The lowest BCUT2D eigenvalue weighted by atomic mass is 10.3. The van der Waals surface area contributed by atoms with Crippen LogP contribution in [-0.2, 0) is 29.1 Å². The van der Waals surface area contributed by atoms with Crippen molar-refractivity contribution in [3.8, 4) is 0 Å². The topological polar surface area (TPSA) is 168 Å². The second-order valence-corrected chi connectivity index (χ2v) is 6.50. The van der Waals surface area contributed by atoms with Crippen LogP contribution in [0.4, 0.5) is 11.4 Å². The third kappa shape index (κ3) is 3.97. The van der Waals surface area contributed by atoms with E-state index in [1.807, 2.05) is 4.72 Å². The van der Waals surface area contributed by atoms with Crippen molar-refractivity contribution >= 4 is 33.3 Å². The van der Waals surface area contributed by atoms with Crippen molar-refractivity contribution < 1.29 is 32.4 Å². The van der Waals surface area contributed by atoms with Crippen LogP contribution in [0.15, 0.2) is 23.1 Å². The lowest BCUT2D eigenvalue weighted by Gasteiger charge is -2.10. The number of benzene rings is 1. The van der Waals surface area contributed by atoms with Crippen LogP contribution in [0.3, 0.4) is 0 Å². The van der Waals surface area contributed by atoms with Crippen LogP contribution in [0.25, 0.3) is 0 Å². The highest BCUT2D eigenvalue weighted by atomic mass is 32.2. The first-order chi connectivity index (χ1) is 11.2. The van der Waals surface area contributed by atoms with Gasteiger partial charge in [0.1, 0.15) is 12.2 Å². The summed E-state index contributed by atoms with van der Waals surface area (Å²) in [5, 5.41) is 10.8. The zero-order valence-corrected chi connectivity index (χ0v) is 12.9. The third-order valence-electron chi connectivity index (χ3n) is 3.08. The monoisotopic (exact) mass is 359 g/mol. The average molecular weight is 359 g/mol. The largest absolute Gasteiger partial charge is 0.463 e. The van der Waals surface area contributed by atoms with E-state index in [0.29, 0.717) is 0 Å². The van der Waals surface area contributed by atoms with Gasteiger partial charge in [-0.15, -0.1) is 0 Å². The molecule has 1 aliphatic heterocycles. The van der Waals surface area contributed by atoms with Gasteiger partial charge in [0.15, 0.2) is 0 Å². The number of rotatable bonds is 6. The summed E-state index contributed by atoms with van der Waals surface area (Å²) in [6.07, 6.45) is -0.860. The molecule has 1 atom stereocenters. The maximum Gasteiger partial charge on any atom is 0.347 e. The first kappa shape index (κ1) is 17.6. The van der Waals surface area contributed by atoms with Crippen molar-refractivity contribution in [2.45, 2.75) is 17.4 Å². The molecule has 0 aliphatic carbocycles. The zero-order chi connectivity index (χ0) is 17.9. The quantitative estimate of drug-likeness (QED) is 0.289. The molecule has 130 valence electrons. The number of cyclic esters (lactones) is 1. The summed E-state index contributed by atoms with van der Waals surface area (Å²) in [5.41, 5.74) is 4.61. The van der Waals surface area contributed by atoms with Crippen molar-refractivity contribution in [3.05, 3.63) is 28.3 Å². The molecule has 0 unspecified atom stereocenters. The van der Waals surface area contributed by atoms with Gasteiger partial charge in [-0.3, -0.25) is 14.9 Å². The molecule has 0 spiro atoms. The second kappa shape index (κ2) is 6.80. The second-order valence-electron chi connectivity index (χ2n) is 4.74. The Morgan fingerprint density at radius 2 is 2.21 bits per heavy atom. The van der Waals surface area contributed by atoms with Crippen LogP contribution in [0, 0.1) is 10.1 Å². The van der Waals surface area contributed by atoms with Crippen LogP contribution in [0.2, 0.25) is 0 Å². The fourth-order valence-corrected chi connectivity index (χ4v) is 2.86. The number of nitro groups is 1. The number of sulfonamides is 1. The summed E-state index contributed by atoms with van der Waals surface area (Å²) in [6, 6.07) is 2.90. The van der Waals surface area contributed by atoms with E-state index >= 15 is 0 Å². The van der Waals surface area contributed by atoms with Gasteiger partial charge in [0.2, 0.25) is 16.1 Å². The first-order valence-corrected chi connectivity index (χ1v) is 8.09. The Morgan fingerprint density at radius 3 is 2.79 bits per heavy atom. The Bertz CT molecular complexity index is 791. The Kier molecular flexibility index (Phi) is 4.99. The third-order valence-corrected chi connectivity index (χ3v) is 4.48. The van der Waals surface area contributed by atoms with Crippen molar-refractivity contribution in [2.24, 2.45) is 0 Å². The molecular weight excluding hydrogens is 346 g/mol. The van der Waals surface area contributed by atoms with Gasteiger partial charge in [-0.05, 0) is 12.1 Å². The highest BCUT2D eigenvalue weighted by Gasteiger charge is 2.30. The maximum absolute atomic E-state index is 12.1. The molecule has 0 saturated carbocycles. The molecule has 12 heteroatoms. The van der Waals surface area contributed by atoms with E-state index in [1.165, 1.54) is 0 Å². The van der Waals surface area contributed by atoms with Gasteiger partial charge in [0, 0.05) is 12.5 Å². The van der Waals surface area contributed by atoms with E-state index in [-0.39, 0.29) is 18.7 Å². The van der Waals surface area contributed by atoms with Crippen molar-refractivity contribution in [1.29, 1.82) is 0 Å². The fourth-order valence-electron chi connectivity index (χ4n) is 1.87. The smallest absolute Gasteiger partial charge is 0.347 e. The van der Waals surface area contributed by atoms with Crippen LogP contribution in [0.5, 0.6) is 0 Å². The molecule has 0 bridgehead atoms. The van der Waals surface area contributed by atoms with E-state index in [1.54, 1.807) is 0 Å². The first-order valence-electron chi connectivity index (χ1n) is 6.60. The van der Waals surface area contributed by atoms with Gasteiger partial charge >= 0.3 is 11.9 Å². The lowest BCUT2D eigenvalue weighted by Crippen LogP contribution is -2.33. The van der Waals surface area contributed by atoms with Gasteiger partial charge in [-0.2, -0.15) is 4.72 Å². The lowest BCUT2D eigenvalue weighted by molar-refractivity contribution is -0.384. The van der Waals surface area contributed by atoms with Crippen LogP contribution < -0.4 is 10.5 Å². The molecule has 1 fully saturated rings. The van der Waals surface area contributed by atoms with E-state index in [9.17, 15) is 28.1 Å². The molecule has 24 heavy (non-hydrogen) atoms. The average Bonchev–Trinajstić information content (AvgIpc) is 2.90. The minimum absolute atomic E-state index is 0.123. The highest BCUT2D eigenvalue weighted by Crippen LogP contribution is 2.24. The Morgan fingerprint density at radius 1 is 1.50 bits per heavy atom. The van der Waals surface area contributed by atoms with Crippen molar-refractivity contribution in [2.75, 3.05) is 18.9 Å². The van der Waals surface area contributed by atoms with Gasteiger partial charge < -0.3 is 15.2 Å². The molecular formula is C12H13N3O8S. The molecule has 3 N–H and O–H groups in total. The molecule has 1 aliphatic rings. The van der Waals surface area contributed by atoms with Crippen molar-refractivity contribution in [3.63, 3.8) is 0 Å². The molecule has 2 rings (SSSR count). The fraction of sp³-hybridized carbons (Fsp3) is 0.333. The molecule has 0 amide bonds. The minimum Gasteiger partial charge on any atom is -0.463 e. The number of hydrogen-bond donors (Lipinski definition) is 2. The summed E-state index contributed by atoms with van der Waals surface area (Å²) in [6.45, 7) is -0.623. The van der Waals surface area contributed by atoms with E-state index < -0.39 is 50.1 Å². The van der Waals surface area contributed by atoms with Crippen molar-refractivity contribution in [1.82, 2.24) is 4.72 Å². The summed E-state index contributed by atoms with van der Waals surface area (Å²) in [5.74, 6) is -1.67. The van der Waals surface area contributed by atoms with E-state index in [0.717, 1.165) is 18.2 Å². The Labute approximate surface area is 135 Å². The number of nitrogens with zero attached hydrogens (tertiary/aromatic N) is 1. The van der Waals surface area contributed by atoms with Crippen LogP contribution in [0.1, 0.15) is 6.42 Å². The van der Waals surface area contributed by atoms with E-state index in [4.69, 9.17) is 10.5 Å². The Balaban J connectivity index is 2.03. The van der Waals surface area contributed by atoms with Gasteiger partial charge in [-0.1, -0.05) is 0 Å². The Hall–Kier alpha value is -2.73. The minimum atomic E-state index is -4.20. The number of hydrogen-bond acceptors (Lipinski definition) is 9. The molecule has 0 aromatic heterocycles.